The molecule has 5 nitrogen and oxygen atoms in total. The van der Waals surface area contributed by atoms with Crippen molar-refractivity contribution < 1.29 is 13.2 Å². The topological polar surface area (TPSA) is 66.5 Å². The number of carbonyl (C=O) groups excluding carboxylic acids is 1. The summed E-state index contributed by atoms with van der Waals surface area (Å²) in [5, 5.41) is 2.75. The Morgan fingerprint density at radius 3 is 2.65 bits per heavy atom. The Labute approximate surface area is 143 Å². The molecule has 0 bridgehead atoms. The molecule has 1 saturated heterocycles. The molecule has 0 radical (unpaired) electrons. The minimum atomic E-state index is -3.78. The first-order chi connectivity index (χ1) is 10.9. The number of thiophene rings is 1. The molecular formula is C15H15ClN2O3S2. The summed E-state index contributed by atoms with van der Waals surface area (Å²) < 4.78 is 27.7. The second-order valence-electron chi connectivity index (χ2n) is 5.22. The molecule has 8 heteroatoms. The van der Waals surface area contributed by atoms with Crippen molar-refractivity contribution in [2.24, 2.45) is 0 Å². The average molecular weight is 371 g/mol. The van der Waals surface area contributed by atoms with Gasteiger partial charge < -0.3 is 5.32 Å². The van der Waals surface area contributed by atoms with E-state index in [2.05, 4.69) is 5.32 Å². The average Bonchev–Trinajstić information content (AvgIpc) is 2.95. The molecule has 1 aliphatic heterocycles. The van der Waals surface area contributed by atoms with Crippen molar-refractivity contribution in [2.75, 3.05) is 13.1 Å². The van der Waals surface area contributed by atoms with Crippen LogP contribution in [0.5, 0.6) is 0 Å². The number of hydrogen-bond donors (Lipinski definition) is 1. The number of piperazine rings is 1. The molecule has 1 aromatic carbocycles. The van der Waals surface area contributed by atoms with Gasteiger partial charge in [0.05, 0.1) is 4.34 Å². The van der Waals surface area contributed by atoms with Crippen molar-refractivity contribution in [1.29, 1.82) is 0 Å². The SMILES string of the molecule is Cc1ccccc1C1C(=O)NCCN1S(=O)(=O)c1ccc(Cl)s1. The van der Waals surface area contributed by atoms with Gasteiger partial charge in [-0.05, 0) is 30.2 Å². The molecule has 2 aromatic rings. The molecule has 1 aliphatic rings. The molecule has 3 rings (SSSR count). The molecule has 1 fully saturated rings. The Bertz CT molecular complexity index is 848. The number of aryl methyl sites for hydroxylation is 1. The van der Waals surface area contributed by atoms with Crippen LogP contribution in [0.3, 0.4) is 0 Å². The number of nitrogens with zero attached hydrogens (tertiary/aromatic N) is 1. The maximum absolute atomic E-state index is 12.9. The van der Waals surface area contributed by atoms with Gasteiger partial charge in [0.25, 0.3) is 10.0 Å². The van der Waals surface area contributed by atoms with Crippen LogP contribution in [0.25, 0.3) is 0 Å². The Kier molecular flexibility index (Phi) is 4.46. The van der Waals surface area contributed by atoms with Crippen molar-refractivity contribution >= 4 is 38.9 Å². The molecule has 0 aliphatic carbocycles. The second-order valence-corrected chi connectivity index (χ2v) is 9.06. The van der Waals surface area contributed by atoms with Crippen molar-refractivity contribution in [1.82, 2.24) is 9.62 Å². The minimum Gasteiger partial charge on any atom is -0.353 e. The highest BCUT2D eigenvalue weighted by molar-refractivity contribution is 7.91. The summed E-state index contributed by atoms with van der Waals surface area (Å²) in [6, 6.07) is 9.47. The van der Waals surface area contributed by atoms with Gasteiger partial charge in [-0.3, -0.25) is 4.79 Å². The third-order valence-corrected chi connectivity index (χ3v) is 7.33. The Morgan fingerprint density at radius 1 is 1.26 bits per heavy atom. The predicted molar refractivity (Wildman–Crippen MR) is 90.2 cm³/mol. The van der Waals surface area contributed by atoms with Gasteiger partial charge in [0, 0.05) is 13.1 Å². The van der Waals surface area contributed by atoms with E-state index >= 15 is 0 Å². The molecule has 1 N–H and O–H groups in total. The normalized spacial score (nSPS) is 19.6. The largest absolute Gasteiger partial charge is 0.353 e. The van der Waals surface area contributed by atoms with Crippen LogP contribution in [0.1, 0.15) is 17.2 Å². The third kappa shape index (κ3) is 3.01. The fourth-order valence-corrected chi connectivity index (χ4v) is 5.83. The van der Waals surface area contributed by atoms with Gasteiger partial charge in [-0.25, -0.2) is 8.42 Å². The number of sulfonamides is 1. The van der Waals surface area contributed by atoms with Gasteiger partial charge >= 0.3 is 0 Å². The van der Waals surface area contributed by atoms with E-state index in [0.29, 0.717) is 16.4 Å². The first-order valence-electron chi connectivity index (χ1n) is 7.01. The van der Waals surface area contributed by atoms with Crippen molar-refractivity contribution in [3.63, 3.8) is 0 Å². The highest BCUT2D eigenvalue weighted by atomic mass is 35.5. The molecule has 1 atom stereocenters. The molecular weight excluding hydrogens is 356 g/mol. The zero-order chi connectivity index (χ0) is 16.6. The first-order valence-corrected chi connectivity index (χ1v) is 9.65. The first kappa shape index (κ1) is 16.4. The van der Waals surface area contributed by atoms with E-state index in [9.17, 15) is 13.2 Å². The smallest absolute Gasteiger partial charge is 0.253 e. The molecule has 23 heavy (non-hydrogen) atoms. The summed E-state index contributed by atoms with van der Waals surface area (Å²) in [7, 11) is -3.78. The lowest BCUT2D eigenvalue weighted by Gasteiger charge is -2.34. The fourth-order valence-electron chi connectivity index (χ4n) is 2.65. The van der Waals surface area contributed by atoms with Crippen molar-refractivity contribution in [2.45, 2.75) is 17.2 Å². The van der Waals surface area contributed by atoms with Crippen LogP contribution in [-0.4, -0.2) is 31.7 Å². The van der Waals surface area contributed by atoms with E-state index in [1.807, 2.05) is 19.1 Å². The van der Waals surface area contributed by atoms with E-state index in [0.717, 1.165) is 16.9 Å². The highest BCUT2D eigenvalue weighted by Gasteiger charge is 2.40. The summed E-state index contributed by atoms with van der Waals surface area (Å²) >= 11 is 6.86. The van der Waals surface area contributed by atoms with Crippen molar-refractivity contribution in [3.8, 4) is 0 Å². The van der Waals surface area contributed by atoms with Gasteiger partial charge in [0.2, 0.25) is 5.91 Å². The number of rotatable bonds is 3. The molecule has 0 saturated carbocycles. The van der Waals surface area contributed by atoms with Gasteiger partial charge in [-0.15, -0.1) is 11.3 Å². The lowest BCUT2D eigenvalue weighted by molar-refractivity contribution is -0.126. The van der Waals surface area contributed by atoms with Gasteiger partial charge in [0.15, 0.2) is 0 Å². The summed E-state index contributed by atoms with van der Waals surface area (Å²) in [4.78, 5) is 12.4. The maximum atomic E-state index is 12.9. The van der Waals surface area contributed by atoms with Crippen LogP contribution >= 0.6 is 22.9 Å². The standard InChI is InChI=1S/C15H15ClN2O3S2/c1-10-4-2-3-5-11(10)14-15(19)17-8-9-18(14)23(20,21)13-7-6-12(16)22-13/h2-7,14H,8-9H2,1H3,(H,17,19). The molecule has 1 unspecified atom stereocenters. The number of nitrogens with one attached hydrogen (secondary N) is 1. The second kappa shape index (κ2) is 6.24. The van der Waals surface area contributed by atoms with E-state index in [1.165, 1.54) is 10.4 Å². The number of carbonyl (C=O) groups is 1. The number of halogens is 1. The quantitative estimate of drug-likeness (QED) is 0.902. The molecule has 1 amide bonds. The predicted octanol–water partition coefficient (Wildman–Crippen LogP) is 2.57. The van der Waals surface area contributed by atoms with Crippen LogP contribution in [0, 0.1) is 6.92 Å². The van der Waals surface area contributed by atoms with E-state index < -0.39 is 16.1 Å². The zero-order valence-corrected chi connectivity index (χ0v) is 14.7. The van der Waals surface area contributed by atoms with Crippen LogP contribution < -0.4 is 5.32 Å². The molecule has 122 valence electrons. The summed E-state index contributed by atoms with van der Waals surface area (Å²) in [5.41, 5.74) is 1.56. The number of benzene rings is 1. The summed E-state index contributed by atoms with van der Waals surface area (Å²) in [6.45, 7) is 2.38. The third-order valence-electron chi connectivity index (χ3n) is 3.76. The van der Waals surface area contributed by atoms with E-state index in [1.54, 1.807) is 18.2 Å². The molecule has 1 aromatic heterocycles. The highest BCUT2D eigenvalue weighted by Crippen LogP contribution is 2.34. The van der Waals surface area contributed by atoms with E-state index in [-0.39, 0.29) is 16.7 Å². The lowest BCUT2D eigenvalue weighted by atomic mass is 9.99. The summed E-state index contributed by atoms with van der Waals surface area (Å²) in [6.07, 6.45) is 0. The number of hydrogen-bond acceptors (Lipinski definition) is 4. The van der Waals surface area contributed by atoms with E-state index in [4.69, 9.17) is 11.6 Å². The minimum absolute atomic E-state index is 0.149. The molecule has 0 spiro atoms. The van der Waals surface area contributed by atoms with Crippen LogP contribution in [0.4, 0.5) is 0 Å². The Balaban J connectivity index is 2.09. The van der Waals surface area contributed by atoms with Crippen LogP contribution in [-0.2, 0) is 14.8 Å². The fraction of sp³-hybridized carbons (Fsp3) is 0.267. The Morgan fingerprint density at radius 2 is 2.00 bits per heavy atom. The Hall–Kier alpha value is -1.41. The summed E-state index contributed by atoms with van der Waals surface area (Å²) in [5.74, 6) is -0.309. The molecule has 2 heterocycles. The van der Waals surface area contributed by atoms with Crippen LogP contribution in [0.2, 0.25) is 4.34 Å². The van der Waals surface area contributed by atoms with Gasteiger partial charge in [-0.2, -0.15) is 4.31 Å². The van der Waals surface area contributed by atoms with Gasteiger partial charge in [-0.1, -0.05) is 35.9 Å². The zero-order valence-electron chi connectivity index (χ0n) is 12.3. The van der Waals surface area contributed by atoms with Gasteiger partial charge in [0.1, 0.15) is 10.3 Å². The van der Waals surface area contributed by atoms with Crippen molar-refractivity contribution in [3.05, 3.63) is 51.9 Å². The van der Waals surface area contributed by atoms with Crippen LogP contribution in [0.15, 0.2) is 40.6 Å². The monoisotopic (exact) mass is 370 g/mol. The lowest BCUT2D eigenvalue weighted by Crippen LogP contribution is -2.52. The number of amides is 1. The maximum Gasteiger partial charge on any atom is 0.253 e.